The van der Waals surface area contributed by atoms with Crippen LogP contribution in [0.2, 0.25) is 0 Å². The first-order valence-electron chi connectivity index (χ1n) is 10.2. The number of aromatic nitrogens is 1. The van der Waals surface area contributed by atoms with Gasteiger partial charge in [0.25, 0.3) is 5.91 Å². The van der Waals surface area contributed by atoms with E-state index < -0.39 is 41.9 Å². The fourth-order valence-electron chi connectivity index (χ4n) is 3.80. The Morgan fingerprint density at radius 3 is 2.61 bits per heavy atom. The molecule has 2 aliphatic rings. The van der Waals surface area contributed by atoms with Crippen LogP contribution < -0.4 is 9.80 Å². The molecule has 0 saturated carbocycles. The molecule has 0 bridgehead atoms. The van der Waals surface area contributed by atoms with Crippen molar-refractivity contribution in [1.29, 1.82) is 0 Å². The molecule has 2 atom stereocenters. The second kappa shape index (κ2) is 9.08. The molecule has 0 N–H and O–H groups in total. The molecule has 2 aliphatic heterocycles. The summed E-state index contributed by atoms with van der Waals surface area (Å²) in [6.45, 7) is 0.151. The van der Waals surface area contributed by atoms with Gasteiger partial charge in [-0.1, -0.05) is 0 Å². The summed E-state index contributed by atoms with van der Waals surface area (Å²) in [5.41, 5.74) is -0.144. The van der Waals surface area contributed by atoms with Crippen molar-refractivity contribution in [2.24, 2.45) is 0 Å². The topological polar surface area (TPSA) is 89.0 Å². The van der Waals surface area contributed by atoms with Gasteiger partial charge in [0, 0.05) is 36.7 Å². The molecule has 0 radical (unpaired) electrons. The van der Waals surface area contributed by atoms with Crippen molar-refractivity contribution < 1.29 is 37.0 Å². The predicted molar refractivity (Wildman–Crippen MR) is 110 cm³/mol. The van der Waals surface area contributed by atoms with Gasteiger partial charge in [-0.15, -0.1) is 0 Å². The number of methoxy groups -OCH3 is 1. The first-order valence-corrected chi connectivity index (χ1v) is 10.2. The smallest absolute Gasteiger partial charge is 0.414 e. The van der Waals surface area contributed by atoms with E-state index in [0.717, 1.165) is 4.90 Å². The maximum Gasteiger partial charge on any atom is 0.414 e. The highest BCUT2D eigenvalue weighted by atomic mass is 19.2. The van der Waals surface area contributed by atoms with E-state index in [2.05, 4.69) is 9.72 Å². The lowest BCUT2D eigenvalue weighted by molar-refractivity contribution is -0.141. The largest absolute Gasteiger partial charge is 0.469 e. The zero-order valence-corrected chi connectivity index (χ0v) is 17.6. The summed E-state index contributed by atoms with van der Waals surface area (Å²) in [5.74, 6) is -3.35. The molecule has 1 aromatic heterocycles. The van der Waals surface area contributed by atoms with Crippen molar-refractivity contribution in [3.63, 3.8) is 0 Å². The van der Waals surface area contributed by atoms with Crippen LogP contribution in [-0.2, 0) is 19.1 Å². The number of benzene rings is 1. The molecule has 1 unspecified atom stereocenters. The lowest BCUT2D eigenvalue weighted by atomic mass is 10.1. The van der Waals surface area contributed by atoms with Gasteiger partial charge in [0.05, 0.1) is 19.3 Å². The minimum absolute atomic E-state index is 0.0239. The summed E-state index contributed by atoms with van der Waals surface area (Å²) in [6.07, 6.45) is -1.52. The number of hydrogen-bond acceptors (Lipinski definition) is 6. The van der Waals surface area contributed by atoms with E-state index in [1.165, 1.54) is 42.5 Å². The zero-order valence-electron chi connectivity index (χ0n) is 17.6. The predicted octanol–water partition coefficient (Wildman–Crippen LogP) is 3.38. The average molecular weight is 463 g/mol. The van der Waals surface area contributed by atoms with Crippen LogP contribution in [0.15, 0.2) is 30.5 Å². The number of anilines is 2. The maximum absolute atomic E-state index is 14.9. The van der Waals surface area contributed by atoms with E-state index in [9.17, 15) is 27.6 Å². The Hall–Kier alpha value is -3.63. The molecule has 3 heterocycles. The minimum Gasteiger partial charge on any atom is -0.469 e. The van der Waals surface area contributed by atoms with Gasteiger partial charge in [-0.25, -0.2) is 22.9 Å². The summed E-state index contributed by atoms with van der Waals surface area (Å²) in [7, 11) is 1.24. The van der Waals surface area contributed by atoms with Crippen LogP contribution in [0.1, 0.15) is 19.3 Å². The quantitative estimate of drug-likeness (QED) is 0.611. The van der Waals surface area contributed by atoms with Crippen molar-refractivity contribution in [2.75, 3.05) is 30.0 Å². The van der Waals surface area contributed by atoms with Crippen molar-refractivity contribution >= 4 is 29.5 Å². The minimum atomic E-state index is -1.57. The molecular formula is C22H20F3N3O5. The van der Waals surface area contributed by atoms with Crippen LogP contribution >= 0.6 is 0 Å². The third-order valence-electron chi connectivity index (χ3n) is 5.60. The number of carbonyl (C=O) groups excluding carboxylic acids is 3. The molecule has 1 aromatic carbocycles. The standard InChI is InChI=1S/C22H20F3N3O5/c1-32-18(29)7-3-13-11-28(22(31)33-13)16-5-4-14(19(24)20(16)25)12-2-6-17(26-10-12)27-9-8-15(23)21(27)30/h2,4-6,10,13,15H,3,7-9,11H2,1H3/t13-,15?/m0/s1. The molecule has 33 heavy (non-hydrogen) atoms. The Morgan fingerprint density at radius 1 is 1.18 bits per heavy atom. The zero-order chi connectivity index (χ0) is 23.7. The number of nitrogens with zero attached hydrogens (tertiary/aromatic N) is 3. The van der Waals surface area contributed by atoms with Gasteiger partial charge in [-0.05, 0) is 30.7 Å². The van der Waals surface area contributed by atoms with Crippen molar-refractivity contribution in [1.82, 2.24) is 4.98 Å². The van der Waals surface area contributed by atoms with Gasteiger partial charge in [0.1, 0.15) is 11.9 Å². The highest BCUT2D eigenvalue weighted by Gasteiger charge is 2.35. The lowest BCUT2D eigenvalue weighted by Crippen LogP contribution is -2.28. The Labute approximate surface area is 186 Å². The molecule has 174 valence electrons. The van der Waals surface area contributed by atoms with Crippen LogP contribution in [0.25, 0.3) is 11.1 Å². The van der Waals surface area contributed by atoms with Crippen LogP contribution in [0.3, 0.4) is 0 Å². The Morgan fingerprint density at radius 2 is 1.97 bits per heavy atom. The Balaban J connectivity index is 1.51. The molecule has 2 aromatic rings. The number of esters is 1. The number of carbonyl (C=O) groups is 3. The van der Waals surface area contributed by atoms with Gasteiger partial charge >= 0.3 is 12.1 Å². The third-order valence-corrected chi connectivity index (χ3v) is 5.60. The second-order valence-corrected chi connectivity index (χ2v) is 7.64. The van der Waals surface area contributed by atoms with Gasteiger partial charge in [-0.3, -0.25) is 19.4 Å². The van der Waals surface area contributed by atoms with Gasteiger partial charge in [-0.2, -0.15) is 0 Å². The van der Waals surface area contributed by atoms with Crippen LogP contribution in [0.5, 0.6) is 0 Å². The van der Waals surface area contributed by atoms with E-state index in [1.807, 2.05) is 0 Å². The Kier molecular flexibility index (Phi) is 6.21. The lowest BCUT2D eigenvalue weighted by Gasteiger charge is -2.17. The fourth-order valence-corrected chi connectivity index (χ4v) is 3.80. The summed E-state index contributed by atoms with van der Waals surface area (Å²) in [5, 5.41) is 0. The van der Waals surface area contributed by atoms with Crippen molar-refractivity contribution in [3.05, 3.63) is 42.1 Å². The highest BCUT2D eigenvalue weighted by molar-refractivity contribution is 5.98. The normalized spacial score (nSPS) is 20.4. The monoisotopic (exact) mass is 463 g/mol. The molecule has 11 heteroatoms. The van der Waals surface area contributed by atoms with Crippen molar-refractivity contribution in [3.8, 4) is 11.1 Å². The van der Waals surface area contributed by atoms with Gasteiger partial charge in [0.15, 0.2) is 17.8 Å². The first kappa shape index (κ1) is 22.6. The highest BCUT2D eigenvalue weighted by Crippen LogP contribution is 2.33. The number of cyclic esters (lactones) is 1. The molecule has 0 aliphatic carbocycles. The van der Waals surface area contributed by atoms with E-state index in [0.29, 0.717) is 0 Å². The molecule has 2 fully saturated rings. The average Bonchev–Trinajstić information content (AvgIpc) is 3.35. The van der Waals surface area contributed by atoms with Gasteiger partial charge < -0.3 is 9.47 Å². The number of hydrogen-bond donors (Lipinski definition) is 0. The molecule has 2 amide bonds. The van der Waals surface area contributed by atoms with Crippen LogP contribution in [-0.4, -0.2) is 55.4 Å². The molecule has 2 saturated heterocycles. The number of rotatable bonds is 6. The summed E-state index contributed by atoms with van der Waals surface area (Å²) in [4.78, 5) is 41.5. The molecule has 0 spiro atoms. The Bertz CT molecular complexity index is 1100. The number of pyridine rings is 1. The maximum atomic E-state index is 14.9. The molecule has 8 nitrogen and oxygen atoms in total. The summed E-state index contributed by atoms with van der Waals surface area (Å²) in [6, 6.07) is 5.44. The second-order valence-electron chi connectivity index (χ2n) is 7.64. The first-order chi connectivity index (χ1) is 15.8. The van der Waals surface area contributed by atoms with E-state index in [4.69, 9.17) is 4.74 Å². The van der Waals surface area contributed by atoms with E-state index in [1.54, 1.807) is 0 Å². The molecular weight excluding hydrogens is 443 g/mol. The van der Waals surface area contributed by atoms with Crippen LogP contribution in [0.4, 0.5) is 29.5 Å². The van der Waals surface area contributed by atoms with Crippen LogP contribution in [0, 0.1) is 11.6 Å². The van der Waals surface area contributed by atoms with Crippen molar-refractivity contribution in [2.45, 2.75) is 31.5 Å². The summed E-state index contributed by atoms with van der Waals surface area (Å²) < 4.78 is 52.9. The third kappa shape index (κ3) is 4.35. The molecule has 4 rings (SSSR count). The number of alkyl halides is 1. The van der Waals surface area contributed by atoms with E-state index >= 15 is 0 Å². The number of halogens is 3. The number of amides is 2. The van der Waals surface area contributed by atoms with Gasteiger partial charge in [0.2, 0.25) is 0 Å². The van der Waals surface area contributed by atoms with E-state index in [-0.39, 0.29) is 55.0 Å². The SMILES string of the molecule is COC(=O)CC[C@H]1CN(c2ccc(-c3ccc(N4CCC(F)C4=O)nc3)c(F)c2F)C(=O)O1. The fraction of sp³-hybridized carbons (Fsp3) is 0.364. The number of ether oxygens (including phenoxy) is 2. The summed E-state index contributed by atoms with van der Waals surface area (Å²) >= 11 is 0.